The lowest BCUT2D eigenvalue weighted by molar-refractivity contribution is -0.0348. The molecule has 0 saturated heterocycles. The smallest absolute Gasteiger partial charge is 0.0804 e. The van der Waals surface area contributed by atoms with Crippen LogP contribution < -0.4 is 0 Å². The SMILES string of the molecule is COCCOC(C)[C@@H](C)O. The van der Waals surface area contributed by atoms with Gasteiger partial charge in [-0.05, 0) is 13.8 Å². The Labute approximate surface area is 62.0 Å². The van der Waals surface area contributed by atoms with Crippen LogP contribution in [0.1, 0.15) is 13.8 Å². The van der Waals surface area contributed by atoms with Crippen LogP contribution >= 0.6 is 0 Å². The molecule has 0 rings (SSSR count). The van der Waals surface area contributed by atoms with E-state index in [-0.39, 0.29) is 6.10 Å². The topological polar surface area (TPSA) is 38.7 Å². The lowest BCUT2D eigenvalue weighted by Crippen LogP contribution is -2.24. The van der Waals surface area contributed by atoms with Crippen molar-refractivity contribution in [2.24, 2.45) is 0 Å². The van der Waals surface area contributed by atoms with E-state index in [4.69, 9.17) is 14.6 Å². The summed E-state index contributed by atoms with van der Waals surface area (Å²) in [6.45, 7) is 4.66. The van der Waals surface area contributed by atoms with Crippen LogP contribution in [0.25, 0.3) is 0 Å². The summed E-state index contributed by atoms with van der Waals surface area (Å²) in [5, 5.41) is 8.95. The van der Waals surface area contributed by atoms with Gasteiger partial charge in [-0.3, -0.25) is 0 Å². The summed E-state index contributed by atoms with van der Waals surface area (Å²) in [4.78, 5) is 0. The van der Waals surface area contributed by atoms with Crippen molar-refractivity contribution in [3.8, 4) is 0 Å². The Morgan fingerprint density at radius 2 is 1.90 bits per heavy atom. The van der Waals surface area contributed by atoms with E-state index >= 15 is 0 Å². The first-order valence-electron chi connectivity index (χ1n) is 3.47. The molecule has 10 heavy (non-hydrogen) atoms. The lowest BCUT2D eigenvalue weighted by Gasteiger charge is -2.14. The molecular weight excluding hydrogens is 132 g/mol. The Hall–Kier alpha value is -0.120. The van der Waals surface area contributed by atoms with Gasteiger partial charge in [0.2, 0.25) is 0 Å². The monoisotopic (exact) mass is 148 g/mol. The van der Waals surface area contributed by atoms with Crippen LogP contribution in [-0.4, -0.2) is 37.6 Å². The van der Waals surface area contributed by atoms with Gasteiger partial charge in [0.1, 0.15) is 0 Å². The predicted molar refractivity (Wildman–Crippen MR) is 39.0 cm³/mol. The van der Waals surface area contributed by atoms with Gasteiger partial charge in [0.15, 0.2) is 0 Å². The second kappa shape index (κ2) is 5.65. The first-order valence-corrected chi connectivity index (χ1v) is 3.47. The third kappa shape index (κ3) is 4.73. The summed E-state index contributed by atoms with van der Waals surface area (Å²) in [6, 6.07) is 0. The average Bonchev–Trinajstić information content (AvgIpc) is 1.88. The minimum Gasteiger partial charge on any atom is -0.391 e. The highest BCUT2D eigenvalue weighted by atomic mass is 16.5. The molecule has 0 aromatic rings. The summed E-state index contributed by atoms with van der Waals surface area (Å²) in [5.74, 6) is 0. The molecule has 3 nitrogen and oxygen atoms in total. The zero-order chi connectivity index (χ0) is 7.98. The maximum absolute atomic E-state index is 8.95. The fraction of sp³-hybridized carbons (Fsp3) is 1.00. The molecular formula is C7H16O3. The highest BCUT2D eigenvalue weighted by Crippen LogP contribution is 1.96. The van der Waals surface area contributed by atoms with Crippen LogP contribution in [0.5, 0.6) is 0 Å². The number of hydrogen-bond donors (Lipinski definition) is 1. The second-order valence-corrected chi connectivity index (χ2v) is 2.31. The Bertz CT molecular complexity index is 73.3. The van der Waals surface area contributed by atoms with E-state index in [1.54, 1.807) is 14.0 Å². The van der Waals surface area contributed by atoms with E-state index in [9.17, 15) is 0 Å². The molecule has 2 atom stereocenters. The molecule has 0 aliphatic rings. The molecule has 3 heteroatoms. The number of hydrogen-bond acceptors (Lipinski definition) is 3. The number of methoxy groups -OCH3 is 1. The van der Waals surface area contributed by atoms with Gasteiger partial charge in [0.25, 0.3) is 0 Å². The Morgan fingerprint density at radius 1 is 1.30 bits per heavy atom. The lowest BCUT2D eigenvalue weighted by atomic mass is 10.3. The molecule has 1 unspecified atom stereocenters. The van der Waals surface area contributed by atoms with Gasteiger partial charge in [-0.2, -0.15) is 0 Å². The first kappa shape index (κ1) is 9.88. The van der Waals surface area contributed by atoms with Crippen molar-refractivity contribution < 1.29 is 14.6 Å². The molecule has 0 heterocycles. The maximum atomic E-state index is 8.95. The van der Waals surface area contributed by atoms with E-state index in [1.807, 2.05) is 6.92 Å². The van der Waals surface area contributed by atoms with Crippen molar-refractivity contribution in [3.63, 3.8) is 0 Å². The van der Waals surface area contributed by atoms with Crippen LogP contribution in [0.15, 0.2) is 0 Å². The number of rotatable bonds is 5. The van der Waals surface area contributed by atoms with Crippen LogP contribution in [0.2, 0.25) is 0 Å². The minimum absolute atomic E-state index is 0.102. The Morgan fingerprint density at radius 3 is 2.30 bits per heavy atom. The molecule has 0 spiro atoms. The van der Waals surface area contributed by atoms with Crippen molar-refractivity contribution in [2.45, 2.75) is 26.1 Å². The first-order chi connectivity index (χ1) is 4.68. The molecule has 0 bridgehead atoms. The molecule has 62 valence electrons. The predicted octanol–water partition coefficient (Wildman–Crippen LogP) is 0.419. The third-order valence-electron chi connectivity index (χ3n) is 1.35. The quantitative estimate of drug-likeness (QED) is 0.574. The Kier molecular flexibility index (Phi) is 5.58. The zero-order valence-corrected chi connectivity index (χ0v) is 6.83. The van der Waals surface area contributed by atoms with E-state index in [1.165, 1.54) is 0 Å². The minimum atomic E-state index is -0.406. The van der Waals surface area contributed by atoms with Crippen LogP contribution in [0.3, 0.4) is 0 Å². The van der Waals surface area contributed by atoms with Crippen molar-refractivity contribution >= 4 is 0 Å². The van der Waals surface area contributed by atoms with E-state index in [0.29, 0.717) is 13.2 Å². The summed E-state index contributed by atoms with van der Waals surface area (Å²) >= 11 is 0. The molecule has 0 aromatic heterocycles. The maximum Gasteiger partial charge on any atom is 0.0804 e. The molecule has 0 amide bonds. The summed E-state index contributed by atoms with van der Waals surface area (Å²) < 4.78 is 9.93. The van der Waals surface area contributed by atoms with Crippen molar-refractivity contribution in [1.82, 2.24) is 0 Å². The van der Waals surface area contributed by atoms with Gasteiger partial charge in [0.05, 0.1) is 25.4 Å². The highest BCUT2D eigenvalue weighted by Gasteiger charge is 2.07. The molecule has 1 N–H and O–H groups in total. The van der Waals surface area contributed by atoms with E-state index in [2.05, 4.69) is 0 Å². The zero-order valence-electron chi connectivity index (χ0n) is 6.83. The van der Waals surface area contributed by atoms with Crippen LogP contribution in [0, 0.1) is 0 Å². The largest absolute Gasteiger partial charge is 0.391 e. The third-order valence-corrected chi connectivity index (χ3v) is 1.35. The molecule has 0 radical (unpaired) electrons. The molecule has 0 saturated carbocycles. The molecule has 0 fully saturated rings. The van der Waals surface area contributed by atoms with Crippen molar-refractivity contribution in [3.05, 3.63) is 0 Å². The van der Waals surface area contributed by atoms with Crippen molar-refractivity contribution in [1.29, 1.82) is 0 Å². The fourth-order valence-corrected chi connectivity index (χ4v) is 0.457. The van der Waals surface area contributed by atoms with Gasteiger partial charge in [-0.25, -0.2) is 0 Å². The normalized spacial score (nSPS) is 16.8. The highest BCUT2D eigenvalue weighted by molar-refractivity contribution is 4.55. The standard InChI is InChI=1S/C7H16O3/c1-6(8)7(2)10-5-4-9-3/h6-8H,4-5H2,1-3H3/t6-,7?/m1/s1. The molecule has 0 aliphatic heterocycles. The summed E-state index contributed by atoms with van der Waals surface area (Å²) in [6.07, 6.45) is -0.507. The van der Waals surface area contributed by atoms with E-state index < -0.39 is 6.10 Å². The van der Waals surface area contributed by atoms with Gasteiger partial charge in [0, 0.05) is 7.11 Å². The van der Waals surface area contributed by atoms with Gasteiger partial charge < -0.3 is 14.6 Å². The molecule has 0 aliphatic carbocycles. The van der Waals surface area contributed by atoms with Gasteiger partial charge in [-0.1, -0.05) is 0 Å². The van der Waals surface area contributed by atoms with Gasteiger partial charge >= 0.3 is 0 Å². The fourth-order valence-electron chi connectivity index (χ4n) is 0.457. The van der Waals surface area contributed by atoms with Crippen molar-refractivity contribution in [2.75, 3.05) is 20.3 Å². The number of ether oxygens (including phenoxy) is 2. The van der Waals surface area contributed by atoms with E-state index in [0.717, 1.165) is 0 Å². The number of aliphatic hydroxyl groups is 1. The Balaban J connectivity index is 3.13. The second-order valence-electron chi connectivity index (χ2n) is 2.31. The van der Waals surface area contributed by atoms with Gasteiger partial charge in [-0.15, -0.1) is 0 Å². The number of aliphatic hydroxyl groups excluding tert-OH is 1. The summed E-state index contributed by atoms with van der Waals surface area (Å²) in [7, 11) is 1.62. The van der Waals surface area contributed by atoms with Crippen LogP contribution in [0.4, 0.5) is 0 Å². The van der Waals surface area contributed by atoms with Crippen LogP contribution in [-0.2, 0) is 9.47 Å². The average molecular weight is 148 g/mol. The molecule has 0 aromatic carbocycles. The summed E-state index contributed by atoms with van der Waals surface area (Å²) in [5.41, 5.74) is 0.